The molecule has 0 aliphatic rings. The Bertz CT molecular complexity index is 199. The second-order valence-electron chi connectivity index (χ2n) is 2.70. The monoisotopic (exact) mass is 217 g/mol. The van der Waals surface area contributed by atoms with Crippen LogP contribution in [0.5, 0.6) is 0 Å². The summed E-state index contributed by atoms with van der Waals surface area (Å²) in [5.41, 5.74) is 22.7. The Morgan fingerprint density at radius 1 is 1.13 bits per heavy atom. The molecule has 88 valence electrons. The van der Waals surface area contributed by atoms with Crippen molar-refractivity contribution in [3.8, 4) is 0 Å². The second kappa shape index (κ2) is 11.8. The highest BCUT2D eigenvalue weighted by Gasteiger charge is 1.97. The average molecular weight is 217 g/mol. The summed E-state index contributed by atoms with van der Waals surface area (Å²) >= 11 is 0. The molecule has 7 N–H and O–H groups in total. The number of nitrogens with one attached hydrogen (secondary N) is 1. The highest BCUT2D eigenvalue weighted by Crippen LogP contribution is 1.80. The van der Waals surface area contributed by atoms with E-state index in [1.807, 2.05) is 28.2 Å². The van der Waals surface area contributed by atoms with Gasteiger partial charge in [0.1, 0.15) is 0 Å². The summed E-state index contributed by atoms with van der Waals surface area (Å²) in [5.74, 6) is 0.435. The number of nitrogens with zero attached hydrogens (tertiary/aromatic N) is 5. The molecule has 0 radical (unpaired) electrons. The number of hydrogen-bond acceptors (Lipinski definition) is 1. The van der Waals surface area contributed by atoms with E-state index in [9.17, 15) is 0 Å². The van der Waals surface area contributed by atoms with Crippen LogP contribution in [0.15, 0.2) is 0 Å². The van der Waals surface area contributed by atoms with Crippen LogP contribution in [0.3, 0.4) is 0 Å². The van der Waals surface area contributed by atoms with E-state index in [4.69, 9.17) is 16.5 Å². The molecular formula is C6H19N9. The highest BCUT2D eigenvalue weighted by atomic mass is 15.3. The maximum Gasteiger partial charge on any atom is 0.336 e. The standard InChI is InChI=1S/C5H13N3.CH5N3.N3/c1-7(2)5(6)8(3)4;2-1(3)4;1-3-2/h6H,1-4H3;(H5,2,3,4);/q;;-1/p+1. The Morgan fingerprint density at radius 3 is 1.27 bits per heavy atom. The summed E-state index contributed by atoms with van der Waals surface area (Å²) in [4.78, 5) is 5.00. The Kier molecular flexibility index (Phi) is 14.7. The molecular weight excluding hydrogens is 198 g/mol. The fraction of sp³-hybridized carbons (Fsp3) is 0.667. The van der Waals surface area contributed by atoms with Gasteiger partial charge in [-0.3, -0.25) is 27.2 Å². The van der Waals surface area contributed by atoms with Gasteiger partial charge in [0.25, 0.3) is 0 Å². The third-order valence-corrected chi connectivity index (χ3v) is 0.847. The van der Waals surface area contributed by atoms with Gasteiger partial charge in [-0.2, -0.15) is 0 Å². The molecule has 0 saturated heterocycles. The minimum absolute atomic E-state index is 0.0833. The highest BCUT2D eigenvalue weighted by molar-refractivity contribution is 5.75. The van der Waals surface area contributed by atoms with Crippen molar-refractivity contribution < 1.29 is 5.41 Å². The van der Waals surface area contributed by atoms with E-state index in [1.165, 1.54) is 4.91 Å². The zero-order valence-electron chi connectivity index (χ0n) is 9.47. The molecule has 0 saturated carbocycles. The van der Waals surface area contributed by atoms with Gasteiger partial charge >= 0.3 is 5.96 Å². The van der Waals surface area contributed by atoms with Crippen LogP contribution in [0, 0.1) is 5.41 Å². The first-order chi connectivity index (χ1) is 6.70. The van der Waals surface area contributed by atoms with E-state index in [2.05, 4.69) is 16.9 Å². The van der Waals surface area contributed by atoms with E-state index >= 15 is 0 Å². The topological polar surface area (TPSA) is 167 Å². The van der Waals surface area contributed by atoms with Crippen LogP contribution in [0.25, 0.3) is 16.0 Å². The van der Waals surface area contributed by atoms with E-state index in [0.717, 1.165) is 0 Å². The van der Waals surface area contributed by atoms with Crippen molar-refractivity contribution >= 4 is 11.9 Å². The number of guanidine groups is 2. The molecule has 0 bridgehead atoms. The van der Waals surface area contributed by atoms with Crippen LogP contribution in [0.2, 0.25) is 0 Å². The Morgan fingerprint density at radius 2 is 1.27 bits per heavy atom. The molecule has 9 nitrogen and oxygen atoms in total. The van der Waals surface area contributed by atoms with Gasteiger partial charge in [0.15, 0.2) is 5.96 Å². The maximum atomic E-state index is 7.25. The van der Waals surface area contributed by atoms with E-state index in [1.54, 1.807) is 9.80 Å². The van der Waals surface area contributed by atoms with Crippen LogP contribution in [-0.2, 0) is 0 Å². The lowest BCUT2D eigenvalue weighted by Crippen LogP contribution is -2.51. The van der Waals surface area contributed by atoms with Gasteiger partial charge in [-0.05, 0) is 0 Å². The lowest BCUT2D eigenvalue weighted by Gasteiger charge is -2.19. The van der Waals surface area contributed by atoms with Gasteiger partial charge in [0.05, 0.1) is 0 Å². The van der Waals surface area contributed by atoms with Crippen LogP contribution in [0.1, 0.15) is 0 Å². The van der Waals surface area contributed by atoms with Crippen LogP contribution >= 0.6 is 0 Å². The number of rotatable bonds is 0. The summed E-state index contributed by atoms with van der Waals surface area (Å²) in [7, 11) is 7.40. The average Bonchev–Trinajstić information content (AvgIpc) is 2.02. The van der Waals surface area contributed by atoms with E-state index in [0.29, 0.717) is 5.96 Å². The number of nitrogens with two attached hydrogens (primary N) is 3. The molecule has 0 rings (SSSR count). The zero-order valence-corrected chi connectivity index (χ0v) is 9.47. The first-order valence-corrected chi connectivity index (χ1v) is 3.75. The molecule has 0 fully saturated rings. The second-order valence-corrected chi connectivity index (χ2v) is 2.70. The normalized spacial score (nSPS) is 6.67. The first kappa shape index (κ1) is 18.6. The molecule has 0 aromatic rings. The van der Waals surface area contributed by atoms with Crippen molar-refractivity contribution in [2.24, 2.45) is 11.5 Å². The van der Waals surface area contributed by atoms with Crippen molar-refractivity contribution in [3.05, 3.63) is 16.0 Å². The summed E-state index contributed by atoms with van der Waals surface area (Å²) in [6.45, 7) is 0. The fourth-order valence-electron chi connectivity index (χ4n) is 0.400. The van der Waals surface area contributed by atoms with Gasteiger partial charge in [-0.15, -0.1) is 0 Å². The summed E-state index contributed by atoms with van der Waals surface area (Å²) in [6.07, 6.45) is 0. The molecule has 9 heteroatoms. The lowest BCUT2D eigenvalue weighted by atomic mass is 10.7. The third kappa shape index (κ3) is 33.6. The predicted molar refractivity (Wildman–Crippen MR) is 60.5 cm³/mol. The molecule has 0 heterocycles. The zero-order chi connectivity index (χ0) is 13.0. The van der Waals surface area contributed by atoms with Crippen molar-refractivity contribution in [1.29, 1.82) is 5.41 Å². The summed E-state index contributed by atoms with van der Waals surface area (Å²) in [5, 5.41) is 11.8. The molecule has 0 amide bonds. The molecule has 0 aromatic carbocycles. The van der Waals surface area contributed by atoms with Gasteiger partial charge in [-0.25, -0.2) is 0 Å². The summed E-state index contributed by atoms with van der Waals surface area (Å²) < 4.78 is 0. The molecule has 0 aliphatic carbocycles. The first-order valence-electron chi connectivity index (χ1n) is 3.75. The van der Waals surface area contributed by atoms with Gasteiger partial charge in [-0.1, -0.05) is 0 Å². The molecule has 0 atom stereocenters. The molecule has 0 aliphatic heterocycles. The quantitative estimate of drug-likeness (QED) is 0.120. The smallest absolute Gasteiger partial charge is 0.336 e. The Hall–Kier alpha value is -2.15. The molecule has 15 heavy (non-hydrogen) atoms. The molecule has 0 aromatic heterocycles. The van der Waals surface area contributed by atoms with Crippen molar-refractivity contribution in [2.75, 3.05) is 28.2 Å². The van der Waals surface area contributed by atoms with E-state index < -0.39 is 0 Å². The maximum absolute atomic E-state index is 7.25. The number of hydrogen-bond donors (Lipinski definition) is 4. The fourth-order valence-corrected chi connectivity index (χ4v) is 0.400. The van der Waals surface area contributed by atoms with Crippen LogP contribution in [-0.4, -0.2) is 49.9 Å². The third-order valence-electron chi connectivity index (χ3n) is 0.847. The SMILES string of the molecule is CN(C)C(=N)N(C)C.NC(N)=[NH2+].[N-]=[N+]=[N-]. The van der Waals surface area contributed by atoms with Crippen molar-refractivity contribution in [2.45, 2.75) is 0 Å². The van der Waals surface area contributed by atoms with Gasteiger partial charge in [0, 0.05) is 28.2 Å². The van der Waals surface area contributed by atoms with E-state index in [-0.39, 0.29) is 5.96 Å². The molecule has 0 unspecified atom stereocenters. The van der Waals surface area contributed by atoms with Crippen LogP contribution < -0.4 is 16.9 Å². The summed E-state index contributed by atoms with van der Waals surface area (Å²) in [6, 6.07) is 0. The predicted octanol–water partition coefficient (Wildman–Crippen LogP) is -2.07. The minimum atomic E-state index is -0.0833. The van der Waals surface area contributed by atoms with Gasteiger partial charge in [0.2, 0.25) is 0 Å². The Balaban J connectivity index is -0.000000173. The lowest BCUT2D eigenvalue weighted by molar-refractivity contribution is -0.116. The van der Waals surface area contributed by atoms with Crippen molar-refractivity contribution in [1.82, 2.24) is 9.80 Å². The Labute approximate surface area is 89.1 Å². The largest absolute Gasteiger partial charge is 0.373 e. The van der Waals surface area contributed by atoms with Crippen molar-refractivity contribution in [3.63, 3.8) is 0 Å². The van der Waals surface area contributed by atoms with Gasteiger partial charge < -0.3 is 20.9 Å². The van der Waals surface area contributed by atoms with Crippen LogP contribution in [0.4, 0.5) is 0 Å². The molecule has 0 spiro atoms. The minimum Gasteiger partial charge on any atom is -0.373 e.